The van der Waals surface area contributed by atoms with Gasteiger partial charge in [-0.2, -0.15) is 0 Å². The van der Waals surface area contributed by atoms with Crippen molar-refractivity contribution in [1.29, 1.82) is 0 Å². The van der Waals surface area contributed by atoms with Crippen LogP contribution in [0.25, 0.3) is 0 Å². The molecule has 1 aliphatic rings. The number of ether oxygens (including phenoxy) is 1. The third kappa shape index (κ3) is 7.80. The van der Waals surface area contributed by atoms with E-state index in [2.05, 4.69) is 55.4 Å². The lowest BCUT2D eigenvalue weighted by atomic mass is 10.0. The van der Waals surface area contributed by atoms with E-state index in [-0.39, 0.29) is 24.0 Å². The minimum atomic E-state index is 0. The number of aliphatic imine (C=N–C) groups is 1. The third-order valence-electron chi connectivity index (χ3n) is 4.30. The summed E-state index contributed by atoms with van der Waals surface area (Å²) >= 11 is 1.82. The molecular formula is C18H33IN4OS. The first-order valence-corrected chi connectivity index (χ1v) is 9.81. The van der Waals surface area contributed by atoms with E-state index >= 15 is 0 Å². The Balaban J connectivity index is 0.00000312. The average Bonchev–Trinajstić information content (AvgIpc) is 2.99. The van der Waals surface area contributed by atoms with E-state index in [4.69, 9.17) is 9.73 Å². The molecule has 0 aromatic carbocycles. The van der Waals surface area contributed by atoms with Crippen molar-refractivity contribution in [2.45, 2.75) is 40.3 Å². The van der Waals surface area contributed by atoms with E-state index in [0.717, 1.165) is 51.9 Å². The molecule has 2 rings (SSSR count). The summed E-state index contributed by atoms with van der Waals surface area (Å²) in [5, 5.41) is 6.89. The number of aryl methyl sites for hydroxylation is 1. The number of hydrogen-bond donors (Lipinski definition) is 2. The molecule has 1 unspecified atom stereocenters. The number of guanidine groups is 1. The van der Waals surface area contributed by atoms with Crippen molar-refractivity contribution >= 4 is 41.3 Å². The molecule has 1 aromatic rings. The monoisotopic (exact) mass is 480 g/mol. The van der Waals surface area contributed by atoms with Gasteiger partial charge in [-0.05, 0) is 31.9 Å². The van der Waals surface area contributed by atoms with Crippen molar-refractivity contribution in [2.75, 3.05) is 39.4 Å². The van der Waals surface area contributed by atoms with Crippen molar-refractivity contribution in [1.82, 2.24) is 15.5 Å². The minimum absolute atomic E-state index is 0. The van der Waals surface area contributed by atoms with Crippen LogP contribution < -0.4 is 10.6 Å². The second-order valence-corrected chi connectivity index (χ2v) is 7.92. The first kappa shape index (κ1) is 22.7. The van der Waals surface area contributed by atoms with Crippen LogP contribution in [0.4, 0.5) is 0 Å². The smallest absolute Gasteiger partial charge is 0.191 e. The largest absolute Gasteiger partial charge is 0.379 e. The number of nitrogens with one attached hydrogen (secondary N) is 2. The summed E-state index contributed by atoms with van der Waals surface area (Å²) in [7, 11) is 0. The fraction of sp³-hybridized carbons (Fsp3) is 0.722. The molecule has 2 N–H and O–H groups in total. The van der Waals surface area contributed by atoms with Crippen LogP contribution >= 0.6 is 35.3 Å². The molecule has 0 saturated carbocycles. The number of nitrogens with zero attached hydrogens (tertiary/aromatic N) is 2. The van der Waals surface area contributed by atoms with Crippen molar-refractivity contribution in [2.24, 2.45) is 10.9 Å². The van der Waals surface area contributed by atoms with Gasteiger partial charge in [-0.3, -0.25) is 4.90 Å². The molecule has 1 atom stereocenters. The highest BCUT2D eigenvalue weighted by Gasteiger charge is 2.23. The van der Waals surface area contributed by atoms with Gasteiger partial charge in [0.1, 0.15) is 0 Å². The standard InChI is InChI=1S/C18H32N4OS.HI/c1-5-19-18(20-12-16-7-6-15(4)24-16)21-13-17(14(2)3)22-8-10-23-11-9-22;/h6-7,14,17H,5,8-13H2,1-4H3,(H2,19,20,21);1H. The fourth-order valence-corrected chi connectivity index (χ4v) is 3.78. The number of halogens is 1. The molecule has 2 heterocycles. The first-order valence-electron chi connectivity index (χ1n) is 8.99. The maximum atomic E-state index is 5.49. The number of hydrogen-bond acceptors (Lipinski definition) is 4. The van der Waals surface area contributed by atoms with Gasteiger partial charge in [0.05, 0.1) is 19.8 Å². The predicted octanol–water partition coefficient (Wildman–Crippen LogP) is 3.09. The van der Waals surface area contributed by atoms with E-state index in [0.29, 0.717) is 12.0 Å². The Labute approximate surface area is 173 Å². The zero-order chi connectivity index (χ0) is 17.4. The summed E-state index contributed by atoms with van der Waals surface area (Å²) in [5.41, 5.74) is 0. The second kappa shape index (κ2) is 12.1. The van der Waals surface area contributed by atoms with Gasteiger partial charge >= 0.3 is 0 Å². The van der Waals surface area contributed by atoms with Gasteiger partial charge in [0, 0.05) is 42.0 Å². The maximum absolute atomic E-state index is 5.49. The quantitative estimate of drug-likeness (QED) is 0.358. The van der Waals surface area contributed by atoms with Gasteiger partial charge in [-0.1, -0.05) is 13.8 Å². The lowest BCUT2D eigenvalue weighted by Crippen LogP contribution is -2.52. The summed E-state index contributed by atoms with van der Waals surface area (Å²) in [6.45, 7) is 15.1. The Morgan fingerprint density at radius 3 is 2.56 bits per heavy atom. The van der Waals surface area contributed by atoms with Crippen molar-refractivity contribution in [3.63, 3.8) is 0 Å². The van der Waals surface area contributed by atoms with E-state index in [1.54, 1.807) is 0 Å². The number of rotatable bonds is 7. The zero-order valence-corrected chi connectivity index (χ0v) is 19.0. The topological polar surface area (TPSA) is 48.9 Å². The normalized spacial score (nSPS) is 17.2. The molecule has 5 nitrogen and oxygen atoms in total. The maximum Gasteiger partial charge on any atom is 0.191 e. The van der Waals surface area contributed by atoms with Gasteiger partial charge in [0.25, 0.3) is 0 Å². The van der Waals surface area contributed by atoms with Crippen molar-refractivity contribution in [3.05, 3.63) is 21.9 Å². The summed E-state index contributed by atoms with van der Waals surface area (Å²) in [4.78, 5) is 9.91. The summed E-state index contributed by atoms with van der Waals surface area (Å²) in [5.74, 6) is 1.50. The molecule has 0 radical (unpaired) electrons. The molecule has 7 heteroatoms. The Morgan fingerprint density at radius 2 is 2.00 bits per heavy atom. The highest BCUT2D eigenvalue weighted by Crippen LogP contribution is 2.16. The van der Waals surface area contributed by atoms with E-state index in [1.807, 2.05) is 11.3 Å². The fourth-order valence-electron chi connectivity index (χ4n) is 2.97. The minimum Gasteiger partial charge on any atom is -0.379 e. The van der Waals surface area contributed by atoms with E-state index in [9.17, 15) is 0 Å². The Kier molecular flexibility index (Phi) is 11.0. The number of thiophene rings is 1. The molecule has 1 fully saturated rings. The van der Waals surface area contributed by atoms with Crippen LogP contribution in [0.3, 0.4) is 0 Å². The lowest BCUT2D eigenvalue weighted by molar-refractivity contribution is 0.00752. The Bertz CT molecular complexity index is 515. The van der Waals surface area contributed by atoms with Gasteiger partial charge in [0.2, 0.25) is 0 Å². The van der Waals surface area contributed by atoms with Crippen LogP contribution in [-0.4, -0.2) is 56.3 Å². The van der Waals surface area contributed by atoms with Gasteiger partial charge < -0.3 is 15.4 Å². The third-order valence-corrected chi connectivity index (χ3v) is 5.28. The van der Waals surface area contributed by atoms with Crippen molar-refractivity contribution in [3.8, 4) is 0 Å². The van der Waals surface area contributed by atoms with Crippen molar-refractivity contribution < 1.29 is 4.74 Å². The molecule has 0 amide bonds. The first-order chi connectivity index (χ1) is 11.6. The molecule has 0 bridgehead atoms. The summed E-state index contributed by atoms with van der Waals surface area (Å²) in [6.07, 6.45) is 0. The van der Waals surface area contributed by atoms with Crippen LogP contribution in [0, 0.1) is 12.8 Å². The molecule has 144 valence electrons. The van der Waals surface area contributed by atoms with Crippen LogP contribution in [0.1, 0.15) is 30.5 Å². The Morgan fingerprint density at radius 1 is 1.28 bits per heavy atom. The SMILES string of the molecule is CCNC(=NCc1ccc(C)s1)NCC(C(C)C)N1CCOCC1.I. The van der Waals surface area contributed by atoms with E-state index in [1.165, 1.54) is 9.75 Å². The highest BCUT2D eigenvalue weighted by atomic mass is 127. The van der Waals surface area contributed by atoms with Crippen LogP contribution in [0.5, 0.6) is 0 Å². The molecule has 25 heavy (non-hydrogen) atoms. The molecule has 1 aromatic heterocycles. The molecule has 0 aliphatic carbocycles. The van der Waals surface area contributed by atoms with Gasteiger partial charge in [0.15, 0.2) is 5.96 Å². The van der Waals surface area contributed by atoms with Crippen LogP contribution in [0.15, 0.2) is 17.1 Å². The molecular weight excluding hydrogens is 447 g/mol. The summed E-state index contributed by atoms with van der Waals surface area (Å²) < 4.78 is 5.49. The van der Waals surface area contributed by atoms with Gasteiger partial charge in [-0.15, -0.1) is 35.3 Å². The molecule has 0 spiro atoms. The highest BCUT2D eigenvalue weighted by molar-refractivity contribution is 14.0. The number of morpholine rings is 1. The molecule has 1 aliphatic heterocycles. The lowest BCUT2D eigenvalue weighted by Gasteiger charge is -2.37. The second-order valence-electron chi connectivity index (χ2n) is 6.55. The Hall–Kier alpha value is -0.380. The zero-order valence-electron chi connectivity index (χ0n) is 15.9. The summed E-state index contributed by atoms with van der Waals surface area (Å²) in [6, 6.07) is 4.82. The average molecular weight is 480 g/mol. The predicted molar refractivity (Wildman–Crippen MR) is 118 cm³/mol. The van der Waals surface area contributed by atoms with E-state index < -0.39 is 0 Å². The van der Waals surface area contributed by atoms with Crippen LogP contribution in [-0.2, 0) is 11.3 Å². The van der Waals surface area contributed by atoms with Crippen LogP contribution in [0.2, 0.25) is 0 Å². The van der Waals surface area contributed by atoms with Gasteiger partial charge in [-0.25, -0.2) is 4.99 Å². The molecule has 1 saturated heterocycles.